The Morgan fingerprint density at radius 2 is 2.20 bits per heavy atom. The number of carbonyl (C=O) groups excluding carboxylic acids is 1. The molecular weight excluding hydrogens is 465 g/mol. The number of rotatable bonds is 5. The summed E-state index contributed by atoms with van der Waals surface area (Å²) >= 11 is 1.17. The van der Waals surface area contributed by atoms with Gasteiger partial charge < -0.3 is 4.90 Å². The van der Waals surface area contributed by atoms with Gasteiger partial charge in [-0.1, -0.05) is 11.8 Å². The van der Waals surface area contributed by atoms with E-state index in [1.165, 1.54) is 24.0 Å². The van der Waals surface area contributed by atoms with E-state index in [1.54, 1.807) is 23.7 Å². The van der Waals surface area contributed by atoms with Gasteiger partial charge in [0.05, 0.1) is 23.5 Å². The van der Waals surface area contributed by atoms with Crippen LogP contribution in [-0.2, 0) is 11.3 Å². The van der Waals surface area contributed by atoms with E-state index in [1.807, 2.05) is 35.0 Å². The highest BCUT2D eigenvalue weighted by Gasteiger charge is 2.23. The molecule has 1 aliphatic heterocycles. The second-order valence-corrected chi connectivity index (χ2v) is 9.78. The van der Waals surface area contributed by atoms with Gasteiger partial charge in [0.25, 0.3) is 0 Å². The smallest absolute Gasteiger partial charge is 0.219 e. The van der Waals surface area contributed by atoms with Crippen LogP contribution in [0.4, 0.5) is 4.39 Å². The molecule has 10 heteroatoms. The molecule has 1 amide bonds. The molecule has 35 heavy (non-hydrogen) atoms. The van der Waals surface area contributed by atoms with Crippen LogP contribution >= 0.6 is 11.8 Å². The molecule has 0 N–H and O–H groups in total. The highest BCUT2D eigenvalue weighted by molar-refractivity contribution is 7.99. The maximum absolute atomic E-state index is 14.4. The van der Waals surface area contributed by atoms with E-state index in [2.05, 4.69) is 21.3 Å². The Hall–Kier alpha value is -3.71. The van der Waals surface area contributed by atoms with Gasteiger partial charge in [-0.2, -0.15) is 15.5 Å². The number of piperidine rings is 1. The molecule has 1 fully saturated rings. The average molecular weight is 490 g/mol. The Labute approximate surface area is 206 Å². The van der Waals surface area contributed by atoms with Crippen LogP contribution in [0.5, 0.6) is 0 Å². The maximum atomic E-state index is 14.4. The Morgan fingerprint density at radius 1 is 1.34 bits per heavy atom. The molecule has 5 rings (SSSR count). The Kier molecular flexibility index (Phi) is 6.26. The van der Waals surface area contributed by atoms with Gasteiger partial charge in [-0.3, -0.25) is 9.48 Å². The first-order valence-corrected chi connectivity index (χ1v) is 12.2. The van der Waals surface area contributed by atoms with Gasteiger partial charge in [0.15, 0.2) is 5.82 Å². The third-order valence-electron chi connectivity index (χ3n) is 6.44. The van der Waals surface area contributed by atoms with Gasteiger partial charge in [-0.25, -0.2) is 13.9 Å². The van der Waals surface area contributed by atoms with Gasteiger partial charge >= 0.3 is 0 Å². The van der Waals surface area contributed by atoms with Crippen LogP contribution in [0.1, 0.15) is 31.0 Å². The number of fused-ring (bicyclic) bond motifs is 1. The highest BCUT2D eigenvalue weighted by atomic mass is 32.2. The lowest BCUT2D eigenvalue weighted by atomic mass is 9.98. The highest BCUT2D eigenvalue weighted by Crippen LogP contribution is 2.36. The second-order valence-electron chi connectivity index (χ2n) is 8.75. The second kappa shape index (κ2) is 9.50. The standard InChI is InChI=1S/C25H24FN7OS/c1-16-21(12-30-32(16)14-18-5-4-8-31(13-18)17(2)34)19-9-23(35-25-22(26)6-3-7-28-25)24-20(10-27)11-29-33(24)15-19/h3,6-7,9,11-12,15,18H,4-5,8,13-14H2,1-2H3. The predicted octanol–water partition coefficient (Wildman–Crippen LogP) is 4.32. The summed E-state index contributed by atoms with van der Waals surface area (Å²) in [7, 11) is 0. The number of pyridine rings is 2. The molecule has 0 radical (unpaired) electrons. The fourth-order valence-corrected chi connectivity index (χ4v) is 5.57. The molecule has 0 aromatic carbocycles. The van der Waals surface area contributed by atoms with Crippen LogP contribution in [0, 0.1) is 30.0 Å². The first kappa shape index (κ1) is 23.1. The fourth-order valence-electron chi connectivity index (χ4n) is 4.60. The summed E-state index contributed by atoms with van der Waals surface area (Å²) in [5.74, 6) is 0.0468. The van der Waals surface area contributed by atoms with Crippen LogP contribution in [0.25, 0.3) is 16.6 Å². The van der Waals surface area contributed by atoms with Crippen LogP contribution < -0.4 is 0 Å². The van der Waals surface area contributed by atoms with Gasteiger partial charge in [0.1, 0.15) is 11.1 Å². The van der Waals surface area contributed by atoms with E-state index >= 15 is 0 Å². The molecule has 0 bridgehead atoms. The maximum Gasteiger partial charge on any atom is 0.219 e. The Morgan fingerprint density at radius 3 is 2.97 bits per heavy atom. The van der Waals surface area contributed by atoms with Crippen molar-refractivity contribution in [1.29, 1.82) is 5.26 Å². The molecule has 0 aliphatic carbocycles. The van der Waals surface area contributed by atoms with Gasteiger partial charge in [-0.15, -0.1) is 0 Å². The third kappa shape index (κ3) is 4.51. The lowest BCUT2D eigenvalue weighted by Crippen LogP contribution is -2.40. The molecule has 0 saturated carbocycles. The fraction of sp³-hybridized carbons (Fsp3) is 0.320. The summed E-state index contributed by atoms with van der Waals surface area (Å²) in [6.45, 7) is 5.94. The SMILES string of the molecule is CC(=O)N1CCCC(Cn2ncc(-c3cc(Sc4ncccc4F)c4c(C#N)cnn4c3)c2C)C1. The summed E-state index contributed by atoms with van der Waals surface area (Å²) < 4.78 is 18.0. The third-order valence-corrected chi connectivity index (χ3v) is 7.46. The lowest BCUT2D eigenvalue weighted by Gasteiger charge is -2.32. The number of hydrogen-bond donors (Lipinski definition) is 0. The largest absolute Gasteiger partial charge is 0.343 e. The van der Waals surface area contributed by atoms with Crippen molar-refractivity contribution < 1.29 is 9.18 Å². The van der Waals surface area contributed by atoms with Crippen molar-refractivity contribution >= 4 is 23.2 Å². The molecule has 1 saturated heterocycles. The summed E-state index contributed by atoms with van der Waals surface area (Å²) in [5, 5.41) is 18.8. The van der Waals surface area contributed by atoms with Crippen molar-refractivity contribution in [2.75, 3.05) is 13.1 Å². The van der Waals surface area contributed by atoms with Crippen molar-refractivity contribution in [2.24, 2.45) is 5.92 Å². The van der Waals surface area contributed by atoms with Crippen molar-refractivity contribution in [3.63, 3.8) is 0 Å². The Balaban J connectivity index is 1.50. The van der Waals surface area contributed by atoms with Crippen molar-refractivity contribution in [3.05, 3.63) is 60.1 Å². The summed E-state index contributed by atoms with van der Waals surface area (Å²) in [6.07, 6.45) is 8.80. The first-order chi connectivity index (χ1) is 16.9. The predicted molar refractivity (Wildman–Crippen MR) is 129 cm³/mol. The number of halogens is 1. The van der Waals surface area contributed by atoms with E-state index in [9.17, 15) is 14.4 Å². The van der Waals surface area contributed by atoms with Crippen molar-refractivity contribution in [3.8, 4) is 17.2 Å². The summed E-state index contributed by atoms with van der Waals surface area (Å²) in [5.41, 5.74) is 3.82. The molecule has 4 aromatic rings. The van der Waals surface area contributed by atoms with Gasteiger partial charge in [0, 0.05) is 60.7 Å². The van der Waals surface area contributed by atoms with Crippen molar-refractivity contribution in [2.45, 2.75) is 43.2 Å². The van der Waals surface area contributed by atoms with E-state index in [0.29, 0.717) is 21.9 Å². The molecule has 1 unspecified atom stereocenters. The molecule has 5 heterocycles. The van der Waals surface area contributed by atoms with Crippen molar-refractivity contribution in [1.82, 2.24) is 29.3 Å². The molecule has 4 aromatic heterocycles. The topological polar surface area (TPSA) is 92.1 Å². The monoisotopic (exact) mass is 489 g/mol. The first-order valence-electron chi connectivity index (χ1n) is 11.4. The minimum absolute atomic E-state index is 0.117. The minimum Gasteiger partial charge on any atom is -0.343 e. The molecule has 178 valence electrons. The molecule has 0 spiro atoms. The van der Waals surface area contributed by atoms with Crippen LogP contribution in [-0.4, -0.2) is 48.3 Å². The van der Waals surface area contributed by atoms with E-state index in [4.69, 9.17) is 0 Å². The molecule has 1 aliphatic rings. The normalized spacial score (nSPS) is 15.9. The summed E-state index contributed by atoms with van der Waals surface area (Å²) in [4.78, 5) is 18.6. The number of likely N-dealkylation sites (tertiary alicyclic amines) is 1. The van der Waals surface area contributed by atoms with E-state index in [0.717, 1.165) is 49.3 Å². The quantitative estimate of drug-likeness (QED) is 0.415. The lowest BCUT2D eigenvalue weighted by molar-refractivity contribution is -0.130. The van der Waals surface area contributed by atoms with Crippen LogP contribution in [0.3, 0.4) is 0 Å². The number of nitriles is 1. The zero-order valence-electron chi connectivity index (χ0n) is 19.5. The van der Waals surface area contributed by atoms with Crippen LogP contribution in [0.15, 0.2) is 52.9 Å². The van der Waals surface area contributed by atoms with Gasteiger partial charge in [-0.05, 0) is 43.9 Å². The van der Waals surface area contributed by atoms with Crippen LogP contribution in [0.2, 0.25) is 0 Å². The number of nitrogens with zero attached hydrogens (tertiary/aromatic N) is 7. The van der Waals surface area contributed by atoms with E-state index < -0.39 is 5.82 Å². The minimum atomic E-state index is -0.421. The molecular formula is C25H24FN7OS. The zero-order chi connectivity index (χ0) is 24.5. The Bertz CT molecular complexity index is 1450. The van der Waals surface area contributed by atoms with E-state index in [-0.39, 0.29) is 10.9 Å². The number of aromatic nitrogens is 5. The molecule has 8 nitrogen and oxygen atoms in total. The zero-order valence-corrected chi connectivity index (χ0v) is 20.3. The number of amides is 1. The average Bonchev–Trinajstić information content (AvgIpc) is 3.44. The van der Waals surface area contributed by atoms with Gasteiger partial charge in [0.2, 0.25) is 5.91 Å². The summed E-state index contributed by atoms with van der Waals surface area (Å²) in [6, 6.07) is 7.01. The molecule has 1 atom stereocenters. The number of carbonyl (C=O) groups is 1. The number of hydrogen-bond acceptors (Lipinski definition) is 6.